The second kappa shape index (κ2) is 11.7. The highest BCUT2D eigenvalue weighted by atomic mass is 19.4. The number of halogens is 3. The van der Waals surface area contributed by atoms with Gasteiger partial charge in [-0.1, -0.05) is 60.7 Å². The van der Waals surface area contributed by atoms with Crippen molar-refractivity contribution in [3.05, 3.63) is 109 Å². The average molecular weight is 534 g/mol. The molecule has 0 amide bonds. The van der Waals surface area contributed by atoms with Gasteiger partial charge in [0.1, 0.15) is 11.4 Å². The number of carboxylic acid groups (broad SMARTS) is 1. The van der Waals surface area contributed by atoms with E-state index in [2.05, 4.69) is 89.1 Å². The summed E-state index contributed by atoms with van der Waals surface area (Å²) in [4.78, 5) is 13.7. The van der Waals surface area contributed by atoms with Crippen LogP contribution in [0.25, 0.3) is 33.8 Å². The number of imidazole rings is 1. The fourth-order valence-electron chi connectivity index (χ4n) is 4.19. The van der Waals surface area contributed by atoms with Crippen molar-refractivity contribution in [2.45, 2.75) is 12.7 Å². The number of aliphatic carboxylic acids is 1. The summed E-state index contributed by atoms with van der Waals surface area (Å²) in [6, 6.07) is 31.4. The zero-order chi connectivity index (χ0) is 28.0. The number of carboxylic acids is 1. The Labute approximate surface area is 223 Å². The fraction of sp³-hybridized carbons (Fsp3) is 0.133. The highest BCUT2D eigenvalue weighted by Gasteiger charge is 2.38. The molecule has 200 valence electrons. The molecule has 0 spiro atoms. The van der Waals surface area contributed by atoms with E-state index in [1.54, 1.807) is 7.11 Å². The van der Waals surface area contributed by atoms with Crippen molar-refractivity contribution in [2.24, 2.45) is 7.05 Å². The standard InChI is InChI=1S/C28H25N3O.C2HF3O2/c1-30-17-9-15-25(30)28-27(24-14-6-7-16-26(24)32-2)29-20-31(28)19-21-10-8-13-23(18-21)22-11-4-3-5-12-22;3-2(4,5)1(6)7/h3-18,20H,19H2,1-2H3;(H,6,7). The van der Waals surface area contributed by atoms with Gasteiger partial charge in [-0.3, -0.25) is 0 Å². The summed E-state index contributed by atoms with van der Waals surface area (Å²) in [5.74, 6) is -1.94. The topological polar surface area (TPSA) is 69.3 Å². The maximum atomic E-state index is 10.6. The van der Waals surface area contributed by atoms with Crippen LogP contribution in [0.3, 0.4) is 0 Å². The highest BCUT2D eigenvalue weighted by molar-refractivity contribution is 5.80. The van der Waals surface area contributed by atoms with Crippen molar-refractivity contribution >= 4 is 5.97 Å². The third-order valence-electron chi connectivity index (χ3n) is 6.02. The monoisotopic (exact) mass is 533 g/mol. The number of alkyl halides is 3. The normalized spacial score (nSPS) is 11.0. The Kier molecular flexibility index (Phi) is 8.19. The van der Waals surface area contributed by atoms with Crippen LogP contribution in [-0.2, 0) is 18.4 Å². The maximum Gasteiger partial charge on any atom is 0.490 e. The number of rotatable bonds is 6. The molecular weight excluding hydrogens is 507 g/mol. The van der Waals surface area contributed by atoms with Crippen molar-refractivity contribution in [3.63, 3.8) is 0 Å². The first-order valence-electron chi connectivity index (χ1n) is 11.9. The van der Waals surface area contributed by atoms with Gasteiger partial charge in [-0.25, -0.2) is 9.78 Å². The minimum absolute atomic E-state index is 0.726. The number of para-hydroxylation sites is 1. The molecule has 6 nitrogen and oxygen atoms in total. The molecule has 0 aliphatic rings. The third kappa shape index (κ3) is 6.38. The van der Waals surface area contributed by atoms with Gasteiger partial charge in [0.05, 0.1) is 24.8 Å². The van der Waals surface area contributed by atoms with Gasteiger partial charge in [-0.15, -0.1) is 0 Å². The first-order chi connectivity index (χ1) is 18.7. The fourth-order valence-corrected chi connectivity index (χ4v) is 4.19. The Morgan fingerprint density at radius 2 is 1.59 bits per heavy atom. The Morgan fingerprint density at radius 3 is 2.23 bits per heavy atom. The lowest BCUT2D eigenvalue weighted by molar-refractivity contribution is -0.192. The first-order valence-corrected chi connectivity index (χ1v) is 11.9. The van der Waals surface area contributed by atoms with Gasteiger partial charge in [-0.05, 0) is 47.0 Å². The zero-order valence-corrected chi connectivity index (χ0v) is 21.3. The van der Waals surface area contributed by atoms with E-state index in [1.165, 1.54) is 16.7 Å². The number of ether oxygens (including phenoxy) is 1. The lowest BCUT2D eigenvalue weighted by atomic mass is 10.0. The van der Waals surface area contributed by atoms with Crippen molar-refractivity contribution in [2.75, 3.05) is 7.11 Å². The Balaban J connectivity index is 0.000000448. The molecule has 5 rings (SSSR count). The van der Waals surface area contributed by atoms with Crippen LogP contribution in [0.15, 0.2) is 104 Å². The number of hydrogen-bond donors (Lipinski definition) is 1. The van der Waals surface area contributed by atoms with Gasteiger partial charge in [0.25, 0.3) is 0 Å². The predicted octanol–water partition coefficient (Wildman–Crippen LogP) is 6.91. The average Bonchev–Trinajstić information content (AvgIpc) is 3.54. The molecule has 5 aromatic rings. The summed E-state index contributed by atoms with van der Waals surface area (Å²) in [5, 5.41) is 7.12. The van der Waals surface area contributed by atoms with Crippen molar-refractivity contribution < 1.29 is 27.8 Å². The van der Waals surface area contributed by atoms with E-state index in [0.717, 1.165) is 34.9 Å². The number of hydrogen-bond acceptors (Lipinski definition) is 3. The minimum Gasteiger partial charge on any atom is -0.496 e. The van der Waals surface area contributed by atoms with Gasteiger partial charge < -0.3 is 19.0 Å². The summed E-state index contributed by atoms with van der Waals surface area (Å²) >= 11 is 0. The van der Waals surface area contributed by atoms with Gasteiger partial charge in [0, 0.05) is 25.4 Å². The van der Waals surface area contributed by atoms with Crippen molar-refractivity contribution in [1.82, 2.24) is 14.1 Å². The van der Waals surface area contributed by atoms with Crippen molar-refractivity contribution in [3.8, 4) is 39.5 Å². The minimum atomic E-state index is -5.08. The van der Waals surface area contributed by atoms with Crippen LogP contribution in [0.4, 0.5) is 13.2 Å². The maximum absolute atomic E-state index is 10.6. The lowest BCUT2D eigenvalue weighted by Gasteiger charge is -2.14. The van der Waals surface area contributed by atoms with Crippen molar-refractivity contribution in [1.29, 1.82) is 0 Å². The number of benzene rings is 3. The van der Waals surface area contributed by atoms with E-state index in [1.807, 2.05) is 30.6 Å². The summed E-state index contributed by atoms with van der Waals surface area (Å²) in [6.45, 7) is 0.726. The highest BCUT2D eigenvalue weighted by Crippen LogP contribution is 2.36. The van der Waals surface area contributed by atoms with Crippen LogP contribution in [0, 0.1) is 0 Å². The molecule has 0 radical (unpaired) electrons. The molecule has 2 heterocycles. The van der Waals surface area contributed by atoms with Crippen LogP contribution in [0.1, 0.15) is 5.56 Å². The van der Waals surface area contributed by atoms with Crippen LogP contribution in [0.2, 0.25) is 0 Å². The van der Waals surface area contributed by atoms with Crippen LogP contribution < -0.4 is 4.74 Å². The number of aromatic nitrogens is 3. The van der Waals surface area contributed by atoms with E-state index in [4.69, 9.17) is 19.6 Å². The molecule has 2 aromatic heterocycles. The van der Waals surface area contributed by atoms with E-state index in [-0.39, 0.29) is 0 Å². The summed E-state index contributed by atoms with van der Waals surface area (Å²) < 4.78 is 41.7. The smallest absolute Gasteiger partial charge is 0.490 e. The molecular formula is C30H26F3N3O3. The molecule has 1 N–H and O–H groups in total. The number of aryl methyl sites for hydroxylation is 1. The zero-order valence-electron chi connectivity index (χ0n) is 21.3. The quantitative estimate of drug-likeness (QED) is 0.257. The molecule has 39 heavy (non-hydrogen) atoms. The molecule has 0 fully saturated rings. The Hall–Kier alpha value is -4.79. The molecule has 0 bridgehead atoms. The van der Waals surface area contributed by atoms with Crippen LogP contribution in [-0.4, -0.2) is 38.5 Å². The van der Waals surface area contributed by atoms with Crippen LogP contribution >= 0.6 is 0 Å². The molecule has 0 saturated carbocycles. The predicted molar refractivity (Wildman–Crippen MR) is 143 cm³/mol. The number of nitrogens with zero attached hydrogens (tertiary/aromatic N) is 3. The second-order valence-electron chi connectivity index (χ2n) is 8.64. The Bertz CT molecular complexity index is 1560. The van der Waals surface area contributed by atoms with Gasteiger partial charge >= 0.3 is 12.1 Å². The van der Waals surface area contributed by atoms with Gasteiger partial charge in [0.15, 0.2) is 0 Å². The molecule has 0 atom stereocenters. The number of carbonyl (C=O) groups is 1. The first kappa shape index (κ1) is 27.3. The molecule has 0 unspecified atom stereocenters. The molecule has 0 saturated heterocycles. The lowest BCUT2D eigenvalue weighted by Crippen LogP contribution is -2.21. The van der Waals surface area contributed by atoms with Gasteiger partial charge in [-0.2, -0.15) is 13.2 Å². The van der Waals surface area contributed by atoms with Gasteiger partial charge in [0.2, 0.25) is 0 Å². The molecule has 0 aliphatic heterocycles. The summed E-state index contributed by atoms with van der Waals surface area (Å²) in [6.07, 6.45) is -1.09. The van der Waals surface area contributed by atoms with E-state index >= 15 is 0 Å². The molecule has 0 aliphatic carbocycles. The second-order valence-corrected chi connectivity index (χ2v) is 8.64. The Morgan fingerprint density at radius 1 is 0.923 bits per heavy atom. The molecule has 3 aromatic carbocycles. The van der Waals surface area contributed by atoms with E-state index < -0.39 is 12.1 Å². The summed E-state index contributed by atoms with van der Waals surface area (Å²) in [5.41, 5.74) is 7.76. The molecule has 9 heteroatoms. The third-order valence-corrected chi connectivity index (χ3v) is 6.02. The summed E-state index contributed by atoms with van der Waals surface area (Å²) in [7, 11) is 3.77. The largest absolute Gasteiger partial charge is 0.496 e. The SMILES string of the molecule is COc1ccccc1-c1ncn(Cc2cccc(-c3ccccc3)c2)c1-c1cccn1C.O=C(O)C(F)(F)F. The number of methoxy groups -OCH3 is 1. The van der Waals surface area contributed by atoms with Crippen LogP contribution in [0.5, 0.6) is 5.75 Å². The van der Waals surface area contributed by atoms with E-state index in [0.29, 0.717) is 0 Å². The van der Waals surface area contributed by atoms with E-state index in [9.17, 15) is 13.2 Å².